The smallest absolute Gasteiger partial charge is 0.317 e. The topological polar surface area (TPSA) is 98.3 Å². The summed E-state index contributed by atoms with van der Waals surface area (Å²) < 4.78 is 0. The number of nitrogens with one attached hydrogen (secondary N) is 3. The van der Waals surface area contributed by atoms with E-state index < -0.39 is 0 Å². The molecule has 4 fully saturated rings. The number of likely N-dealkylation sites (tertiary alicyclic amines) is 1. The molecule has 3 saturated heterocycles. The number of nitrogens with zero attached hydrogens (tertiary/aromatic N) is 5. The monoisotopic (exact) mass is 462 g/mol. The predicted molar refractivity (Wildman–Crippen MR) is 127 cm³/mol. The fourth-order valence-corrected chi connectivity index (χ4v) is 6.62. The number of fused-ring (bicyclic) bond motifs is 2. The molecule has 6 atom stereocenters. The van der Waals surface area contributed by atoms with Gasteiger partial charge in [-0.15, -0.1) is 0 Å². The van der Waals surface area contributed by atoms with Crippen molar-refractivity contribution in [1.82, 2.24) is 40.9 Å². The molecule has 5 heterocycles. The Morgan fingerprint density at radius 2 is 2.00 bits per heavy atom. The Hall–Kier alpha value is -2.62. The van der Waals surface area contributed by atoms with Crippen molar-refractivity contribution >= 4 is 6.03 Å². The van der Waals surface area contributed by atoms with Crippen LogP contribution in [-0.4, -0.2) is 68.5 Å². The molecule has 6 rings (SSSR count). The molecule has 2 aromatic heterocycles. The van der Waals surface area contributed by atoms with Crippen LogP contribution in [0.25, 0.3) is 0 Å². The zero-order valence-corrected chi connectivity index (χ0v) is 19.7. The lowest BCUT2D eigenvalue weighted by Crippen LogP contribution is -2.64. The number of aromatic nitrogens is 3. The minimum Gasteiger partial charge on any atom is -0.335 e. The summed E-state index contributed by atoms with van der Waals surface area (Å²) in [5.41, 5.74) is 10.6. The molecule has 3 N–H and O–H groups in total. The van der Waals surface area contributed by atoms with Crippen molar-refractivity contribution in [2.24, 2.45) is 11.8 Å². The second-order valence-corrected chi connectivity index (χ2v) is 10.5. The maximum Gasteiger partial charge on any atom is 0.317 e. The maximum absolute atomic E-state index is 13.2. The molecular formula is C25H34N8O. The molecule has 0 spiro atoms. The van der Waals surface area contributed by atoms with Gasteiger partial charge in [-0.2, -0.15) is 0 Å². The van der Waals surface area contributed by atoms with Crippen molar-refractivity contribution in [3.8, 4) is 0 Å². The lowest BCUT2D eigenvalue weighted by Gasteiger charge is -2.49. The summed E-state index contributed by atoms with van der Waals surface area (Å²) in [5, 5.41) is 3.38. The van der Waals surface area contributed by atoms with Gasteiger partial charge in [0.25, 0.3) is 0 Å². The molecule has 0 bridgehead atoms. The molecule has 0 aromatic carbocycles. The van der Waals surface area contributed by atoms with E-state index in [2.05, 4.69) is 53.1 Å². The number of hydrogen-bond donors (Lipinski definition) is 3. The fourth-order valence-electron chi connectivity index (χ4n) is 6.62. The van der Waals surface area contributed by atoms with Crippen molar-refractivity contribution < 1.29 is 4.79 Å². The van der Waals surface area contributed by atoms with Gasteiger partial charge in [0.1, 0.15) is 6.33 Å². The van der Waals surface area contributed by atoms with Crippen LogP contribution in [0.2, 0.25) is 0 Å². The standard InChI is InChI=1S/C25H34N8O/c1-16-7-18(4-5-28-16)24-21-8-19-13-33(25(34)29-22(19)9-23(21)30-31-24)20-3-2-6-32(14-20)12-17-10-26-15-27-11-17/h4-5,7,10-11,15,19-24,30-31H,2-3,6,8-9,12-14H2,1H3,(H,29,34)/t19?,20-,21?,22?,23?,24?/m1/s1. The van der Waals surface area contributed by atoms with E-state index in [0.717, 1.165) is 63.1 Å². The average Bonchev–Trinajstić information content (AvgIpc) is 3.26. The van der Waals surface area contributed by atoms with Gasteiger partial charge in [-0.25, -0.2) is 20.2 Å². The van der Waals surface area contributed by atoms with Gasteiger partial charge in [0, 0.05) is 67.6 Å². The number of amides is 2. The Bertz CT molecular complexity index is 1020. The molecule has 9 nitrogen and oxygen atoms in total. The minimum absolute atomic E-state index is 0.113. The molecule has 5 unspecified atom stereocenters. The second-order valence-electron chi connectivity index (χ2n) is 10.5. The molecule has 1 saturated carbocycles. The number of carbonyl (C=O) groups excluding carboxylic acids is 1. The first-order valence-corrected chi connectivity index (χ1v) is 12.6. The Balaban J connectivity index is 1.13. The third-order valence-electron chi connectivity index (χ3n) is 8.24. The highest BCUT2D eigenvalue weighted by Gasteiger charge is 2.48. The number of hydrazine groups is 1. The zero-order chi connectivity index (χ0) is 23.1. The Labute approximate surface area is 200 Å². The third-order valence-corrected chi connectivity index (χ3v) is 8.24. The summed E-state index contributed by atoms with van der Waals surface area (Å²) in [5.74, 6) is 0.991. The quantitative estimate of drug-likeness (QED) is 0.637. The average molecular weight is 463 g/mol. The minimum atomic E-state index is 0.113. The molecule has 3 aliphatic heterocycles. The highest BCUT2D eigenvalue weighted by Crippen LogP contribution is 2.42. The van der Waals surface area contributed by atoms with E-state index in [1.165, 1.54) is 5.56 Å². The number of carbonyl (C=O) groups is 1. The van der Waals surface area contributed by atoms with Crippen LogP contribution in [0.1, 0.15) is 48.5 Å². The van der Waals surface area contributed by atoms with Crippen LogP contribution in [0, 0.1) is 18.8 Å². The number of pyridine rings is 1. The van der Waals surface area contributed by atoms with E-state index in [0.29, 0.717) is 17.9 Å². The summed E-state index contributed by atoms with van der Waals surface area (Å²) in [6, 6.07) is 5.61. The van der Waals surface area contributed by atoms with Crippen LogP contribution >= 0.6 is 0 Å². The highest BCUT2D eigenvalue weighted by atomic mass is 16.2. The van der Waals surface area contributed by atoms with Crippen molar-refractivity contribution in [3.63, 3.8) is 0 Å². The molecule has 2 amide bonds. The van der Waals surface area contributed by atoms with E-state index in [1.54, 1.807) is 6.33 Å². The van der Waals surface area contributed by atoms with Gasteiger partial charge in [-0.1, -0.05) is 0 Å². The fraction of sp³-hybridized carbons (Fsp3) is 0.600. The van der Waals surface area contributed by atoms with Crippen LogP contribution in [0.5, 0.6) is 0 Å². The van der Waals surface area contributed by atoms with Gasteiger partial charge in [-0.05, 0) is 68.7 Å². The molecule has 9 heteroatoms. The van der Waals surface area contributed by atoms with Gasteiger partial charge < -0.3 is 10.2 Å². The molecule has 4 aliphatic rings. The van der Waals surface area contributed by atoms with Crippen molar-refractivity contribution in [2.75, 3.05) is 19.6 Å². The maximum atomic E-state index is 13.2. The van der Waals surface area contributed by atoms with E-state index in [1.807, 2.05) is 25.5 Å². The summed E-state index contributed by atoms with van der Waals surface area (Å²) >= 11 is 0. The second kappa shape index (κ2) is 9.20. The zero-order valence-electron chi connectivity index (χ0n) is 19.7. The summed E-state index contributed by atoms with van der Waals surface area (Å²) in [4.78, 5) is 30.4. The first-order chi connectivity index (χ1) is 16.6. The molecule has 2 aromatic rings. The van der Waals surface area contributed by atoms with Gasteiger partial charge in [-0.3, -0.25) is 15.3 Å². The van der Waals surface area contributed by atoms with Gasteiger partial charge >= 0.3 is 6.03 Å². The van der Waals surface area contributed by atoms with Crippen molar-refractivity contribution in [2.45, 2.75) is 63.3 Å². The molecule has 0 radical (unpaired) electrons. The highest BCUT2D eigenvalue weighted by molar-refractivity contribution is 5.76. The Kier molecular flexibility index (Phi) is 5.92. The number of rotatable bonds is 4. The van der Waals surface area contributed by atoms with E-state index in [4.69, 9.17) is 0 Å². The first kappa shape index (κ1) is 21.9. The summed E-state index contributed by atoms with van der Waals surface area (Å²) in [6.07, 6.45) is 11.5. The van der Waals surface area contributed by atoms with Gasteiger partial charge in [0.2, 0.25) is 0 Å². The third kappa shape index (κ3) is 4.28. The van der Waals surface area contributed by atoms with Crippen LogP contribution in [0.15, 0.2) is 37.1 Å². The first-order valence-electron chi connectivity index (χ1n) is 12.6. The number of piperidine rings is 1. The van der Waals surface area contributed by atoms with Crippen LogP contribution in [-0.2, 0) is 6.54 Å². The summed E-state index contributed by atoms with van der Waals surface area (Å²) in [7, 11) is 0. The lowest BCUT2D eigenvalue weighted by molar-refractivity contribution is 0.0523. The van der Waals surface area contributed by atoms with Crippen LogP contribution < -0.4 is 16.2 Å². The van der Waals surface area contributed by atoms with E-state index in [-0.39, 0.29) is 24.2 Å². The van der Waals surface area contributed by atoms with Crippen LogP contribution in [0.4, 0.5) is 4.79 Å². The largest absolute Gasteiger partial charge is 0.335 e. The SMILES string of the molecule is Cc1cc(C2NNC3CC4NC(=O)N([C@@H]5CCCN(Cc6cncnc6)C5)CC4CC32)ccn1. The van der Waals surface area contributed by atoms with E-state index in [9.17, 15) is 4.79 Å². The lowest BCUT2D eigenvalue weighted by atomic mass is 9.71. The molecule has 180 valence electrons. The van der Waals surface area contributed by atoms with Crippen molar-refractivity contribution in [1.29, 1.82) is 0 Å². The van der Waals surface area contributed by atoms with Crippen LogP contribution in [0.3, 0.4) is 0 Å². The molecule has 34 heavy (non-hydrogen) atoms. The van der Waals surface area contributed by atoms with Gasteiger partial charge in [0.15, 0.2) is 0 Å². The van der Waals surface area contributed by atoms with E-state index >= 15 is 0 Å². The number of hydrogen-bond acceptors (Lipinski definition) is 7. The Morgan fingerprint density at radius 3 is 2.85 bits per heavy atom. The summed E-state index contributed by atoms with van der Waals surface area (Å²) in [6.45, 7) is 5.71. The normalized spacial score (nSPS) is 33.8. The number of urea groups is 1. The molecule has 1 aliphatic carbocycles. The predicted octanol–water partition coefficient (Wildman–Crippen LogP) is 1.78. The number of aryl methyl sites for hydroxylation is 1. The van der Waals surface area contributed by atoms with Crippen molar-refractivity contribution in [3.05, 3.63) is 53.9 Å². The van der Waals surface area contributed by atoms with Gasteiger partial charge in [0.05, 0.1) is 6.04 Å². The Morgan fingerprint density at radius 1 is 1.12 bits per heavy atom. The molecular weight excluding hydrogens is 428 g/mol.